The number of rotatable bonds is 5. The van der Waals surface area contributed by atoms with Crippen molar-refractivity contribution in [3.63, 3.8) is 0 Å². The molecule has 1 atom stereocenters. The van der Waals surface area contributed by atoms with Crippen LogP contribution < -0.4 is 5.32 Å². The maximum atomic E-state index is 4.52. The minimum absolute atomic E-state index is 0.267. The highest BCUT2D eigenvalue weighted by molar-refractivity contribution is 7.99. The fourth-order valence-corrected chi connectivity index (χ4v) is 2.90. The first-order valence-corrected chi connectivity index (χ1v) is 7.76. The summed E-state index contributed by atoms with van der Waals surface area (Å²) in [6, 6.07) is 10.3. The maximum Gasteiger partial charge on any atom is 0.200 e. The smallest absolute Gasteiger partial charge is 0.200 e. The van der Waals surface area contributed by atoms with Crippen molar-refractivity contribution >= 4 is 17.4 Å². The molecule has 1 unspecified atom stereocenters. The predicted octanol–water partition coefficient (Wildman–Crippen LogP) is 2.95. The van der Waals surface area contributed by atoms with Crippen LogP contribution in [0, 0.1) is 0 Å². The highest BCUT2D eigenvalue weighted by Gasteiger charge is 2.08. The highest BCUT2D eigenvalue weighted by atomic mass is 32.2. The van der Waals surface area contributed by atoms with Gasteiger partial charge < -0.3 is 5.32 Å². The van der Waals surface area contributed by atoms with Crippen LogP contribution in [0.25, 0.3) is 5.65 Å². The minimum Gasteiger partial charge on any atom is -0.309 e. The van der Waals surface area contributed by atoms with Gasteiger partial charge in [-0.15, -0.1) is 10.2 Å². The van der Waals surface area contributed by atoms with E-state index in [4.69, 9.17) is 0 Å². The van der Waals surface area contributed by atoms with Crippen molar-refractivity contribution in [2.24, 2.45) is 0 Å². The summed E-state index contributed by atoms with van der Waals surface area (Å²) in [5, 5.41) is 12.6. The third kappa shape index (κ3) is 3.06. The normalized spacial score (nSPS) is 12.7. The predicted molar refractivity (Wildman–Crippen MR) is 83.4 cm³/mol. The largest absolute Gasteiger partial charge is 0.309 e. The number of fused-ring (bicyclic) bond motifs is 1. The molecule has 3 heterocycles. The van der Waals surface area contributed by atoms with Crippen LogP contribution in [-0.4, -0.2) is 26.1 Å². The standard InChI is InChI=1S/C15H17N5S/c1-3-16-11(2)13-8-7-12(10-17-13)21-15-19-18-14-6-4-5-9-20(14)15/h4-11,16H,3H2,1-2H3. The molecule has 5 nitrogen and oxygen atoms in total. The highest BCUT2D eigenvalue weighted by Crippen LogP contribution is 2.26. The van der Waals surface area contributed by atoms with E-state index in [1.807, 2.05) is 35.0 Å². The Kier molecular flexibility index (Phi) is 4.17. The summed E-state index contributed by atoms with van der Waals surface area (Å²) in [7, 11) is 0. The summed E-state index contributed by atoms with van der Waals surface area (Å²) in [4.78, 5) is 5.57. The first-order valence-electron chi connectivity index (χ1n) is 6.95. The quantitative estimate of drug-likeness (QED) is 0.785. The molecular formula is C15H17N5S. The number of aromatic nitrogens is 4. The number of hydrogen-bond acceptors (Lipinski definition) is 5. The Bertz CT molecular complexity index is 722. The van der Waals surface area contributed by atoms with Crippen molar-refractivity contribution in [1.29, 1.82) is 0 Å². The zero-order valence-corrected chi connectivity index (χ0v) is 12.8. The zero-order valence-electron chi connectivity index (χ0n) is 12.0. The molecule has 0 radical (unpaired) electrons. The van der Waals surface area contributed by atoms with Gasteiger partial charge in [0.15, 0.2) is 10.8 Å². The number of nitrogens with one attached hydrogen (secondary N) is 1. The Labute approximate surface area is 127 Å². The molecule has 6 heteroatoms. The molecule has 1 N–H and O–H groups in total. The number of nitrogens with zero attached hydrogens (tertiary/aromatic N) is 4. The van der Waals surface area contributed by atoms with Crippen LogP contribution in [0.3, 0.4) is 0 Å². The zero-order chi connectivity index (χ0) is 14.7. The van der Waals surface area contributed by atoms with Crippen LogP contribution in [0.4, 0.5) is 0 Å². The molecular weight excluding hydrogens is 282 g/mol. The second-order valence-corrected chi connectivity index (χ2v) is 5.75. The molecule has 3 aromatic heterocycles. The molecule has 0 aliphatic rings. The van der Waals surface area contributed by atoms with Gasteiger partial charge in [0, 0.05) is 23.3 Å². The Balaban J connectivity index is 1.79. The lowest BCUT2D eigenvalue weighted by atomic mass is 10.2. The van der Waals surface area contributed by atoms with Crippen molar-refractivity contribution in [3.05, 3.63) is 48.4 Å². The van der Waals surface area contributed by atoms with E-state index in [9.17, 15) is 0 Å². The van der Waals surface area contributed by atoms with Crippen molar-refractivity contribution < 1.29 is 0 Å². The molecule has 0 aliphatic carbocycles. The summed E-state index contributed by atoms with van der Waals surface area (Å²) >= 11 is 1.56. The Hall–Kier alpha value is -1.92. The summed E-state index contributed by atoms with van der Waals surface area (Å²) in [6.45, 7) is 5.15. The third-order valence-corrected chi connectivity index (χ3v) is 4.14. The van der Waals surface area contributed by atoms with Crippen LogP contribution >= 0.6 is 11.8 Å². The van der Waals surface area contributed by atoms with Crippen LogP contribution in [-0.2, 0) is 0 Å². The first kappa shape index (κ1) is 14.0. The van der Waals surface area contributed by atoms with E-state index in [0.717, 1.165) is 27.9 Å². The second-order valence-electron chi connectivity index (χ2n) is 4.71. The number of hydrogen-bond donors (Lipinski definition) is 1. The van der Waals surface area contributed by atoms with Crippen LogP contribution in [0.5, 0.6) is 0 Å². The lowest BCUT2D eigenvalue weighted by Gasteiger charge is -2.11. The lowest BCUT2D eigenvalue weighted by Crippen LogP contribution is -2.18. The van der Waals surface area contributed by atoms with E-state index in [1.165, 1.54) is 0 Å². The molecule has 0 aromatic carbocycles. The average molecular weight is 299 g/mol. The Morgan fingerprint density at radius 2 is 2.14 bits per heavy atom. The molecule has 3 aromatic rings. The van der Waals surface area contributed by atoms with Gasteiger partial charge in [0.1, 0.15) is 0 Å². The van der Waals surface area contributed by atoms with E-state index >= 15 is 0 Å². The van der Waals surface area contributed by atoms with Gasteiger partial charge in [0.05, 0.1) is 5.69 Å². The molecule has 0 amide bonds. The molecule has 0 aliphatic heterocycles. The van der Waals surface area contributed by atoms with E-state index in [-0.39, 0.29) is 6.04 Å². The van der Waals surface area contributed by atoms with Crippen molar-refractivity contribution in [3.8, 4) is 0 Å². The Morgan fingerprint density at radius 1 is 1.24 bits per heavy atom. The maximum absolute atomic E-state index is 4.52. The molecule has 0 saturated heterocycles. The van der Waals surface area contributed by atoms with Gasteiger partial charge in [-0.3, -0.25) is 9.38 Å². The summed E-state index contributed by atoms with van der Waals surface area (Å²) in [5.74, 6) is 0. The Morgan fingerprint density at radius 3 is 2.90 bits per heavy atom. The van der Waals surface area contributed by atoms with Crippen LogP contribution in [0.1, 0.15) is 25.6 Å². The van der Waals surface area contributed by atoms with Gasteiger partial charge >= 0.3 is 0 Å². The van der Waals surface area contributed by atoms with E-state index in [2.05, 4.69) is 46.5 Å². The molecule has 0 bridgehead atoms. The monoisotopic (exact) mass is 299 g/mol. The average Bonchev–Trinajstić information content (AvgIpc) is 2.92. The van der Waals surface area contributed by atoms with Gasteiger partial charge in [-0.05, 0) is 49.5 Å². The summed E-state index contributed by atoms with van der Waals surface area (Å²) in [5.41, 5.74) is 1.90. The van der Waals surface area contributed by atoms with Crippen molar-refractivity contribution in [2.75, 3.05) is 6.54 Å². The molecule has 0 fully saturated rings. The van der Waals surface area contributed by atoms with Gasteiger partial charge in [0.2, 0.25) is 0 Å². The molecule has 0 saturated carbocycles. The van der Waals surface area contributed by atoms with Gasteiger partial charge in [0.25, 0.3) is 0 Å². The molecule has 3 rings (SSSR count). The van der Waals surface area contributed by atoms with Crippen molar-refractivity contribution in [1.82, 2.24) is 24.9 Å². The van der Waals surface area contributed by atoms with E-state index < -0.39 is 0 Å². The van der Waals surface area contributed by atoms with Gasteiger partial charge in [-0.2, -0.15) is 0 Å². The minimum atomic E-state index is 0.267. The molecule has 21 heavy (non-hydrogen) atoms. The first-order chi connectivity index (χ1) is 10.3. The molecule has 108 valence electrons. The summed E-state index contributed by atoms with van der Waals surface area (Å²) in [6.07, 6.45) is 3.85. The van der Waals surface area contributed by atoms with Crippen LogP contribution in [0.15, 0.2) is 52.8 Å². The summed E-state index contributed by atoms with van der Waals surface area (Å²) < 4.78 is 1.97. The van der Waals surface area contributed by atoms with Crippen molar-refractivity contribution in [2.45, 2.75) is 29.9 Å². The fraction of sp³-hybridized carbons (Fsp3) is 0.267. The lowest BCUT2D eigenvalue weighted by molar-refractivity contribution is 0.582. The topological polar surface area (TPSA) is 55.1 Å². The SMILES string of the molecule is CCNC(C)c1ccc(Sc2nnc3ccccn23)cn1. The van der Waals surface area contributed by atoms with E-state index in [1.54, 1.807) is 11.8 Å². The third-order valence-electron chi connectivity index (χ3n) is 3.20. The number of pyridine rings is 2. The van der Waals surface area contributed by atoms with Gasteiger partial charge in [-0.25, -0.2) is 0 Å². The fourth-order valence-electron chi connectivity index (χ4n) is 2.11. The van der Waals surface area contributed by atoms with Gasteiger partial charge in [-0.1, -0.05) is 13.0 Å². The van der Waals surface area contributed by atoms with E-state index in [0.29, 0.717) is 0 Å². The van der Waals surface area contributed by atoms with Crippen LogP contribution in [0.2, 0.25) is 0 Å². The molecule has 0 spiro atoms. The second kappa shape index (κ2) is 6.24.